The highest BCUT2D eigenvalue weighted by Crippen LogP contribution is 2.13. The summed E-state index contributed by atoms with van der Waals surface area (Å²) in [6.45, 7) is 7.82. The van der Waals surface area contributed by atoms with Gasteiger partial charge in [0, 0.05) is 26.2 Å². The van der Waals surface area contributed by atoms with E-state index >= 15 is 0 Å². The van der Waals surface area contributed by atoms with Crippen LogP contribution in [0.5, 0.6) is 5.75 Å². The van der Waals surface area contributed by atoms with Crippen molar-refractivity contribution in [2.75, 3.05) is 33.4 Å². The second kappa shape index (κ2) is 10.2. The molecule has 0 aliphatic carbocycles. The summed E-state index contributed by atoms with van der Waals surface area (Å²) in [4.78, 5) is 2.43. The van der Waals surface area contributed by atoms with Gasteiger partial charge in [-0.1, -0.05) is 13.0 Å². The maximum atomic E-state index is 8.85. The number of benzene rings is 1. The van der Waals surface area contributed by atoms with Crippen LogP contribution in [-0.2, 0) is 4.74 Å². The number of ether oxygens (including phenoxy) is 2. The monoisotopic (exact) mass is 290 g/mol. The molecule has 116 valence electrons. The Bertz CT molecular complexity index is 443. The van der Waals surface area contributed by atoms with Crippen molar-refractivity contribution in [2.24, 2.45) is 0 Å². The number of nitrogens with zero attached hydrogens (tertiary/aromatic N) is 2. The van der Waals surface area contributed by atoms with Crippen molar-refractivity contribution in [3.63, 3.8) is 0 Å². The first-order valence-corrected chi connectivity index (χ1v) is 7.57. The molecule has 1 aromatic rings. The van der Waals surface area contributed by atoms with Crippen LogP contribution in [0.25, 0.3) is 0 Å². The van der Waals surface area contributed by atoms with Crippen molar-refractivity contribution in [3.8, 4) is 11.8 Å². The van der Waals surface area contributed by atoms with E-state index < -0.39 is 0 Å². The minimum atomic E-state index is 0.557. The van der Waals surface area contributed by atoms with Crippen LogP contribution < -0.4 is 4.74 Å². The fraction of sp³-hybridized carbons (Fsp3) is 0.588. The number of hydrogen-bond donors (Lipinski definition) is 0. The molecule has 0 aromatic heterocycles. The first-order valence-electron chi connectivity index (χ1n) is 7.57. The largest absolute Gasteiger partial charge is 0.494 e. The molecule has 4 heteroatoms. The normalized spacial score (nSPS) is 12.1. The van der Waals surface area contributed by atoms with Gasteiger partial charge in [0.25, 0.3) is 0 Å². The lowest BCUT2D eigenvalue weighted by atomic mass is 10.2. The van der Waals surface area contributed by atoms with Gasteiger partial charge in [-0.25, -0.2) is 0 Å². The highest BCUT2D eigenvalue weighted by molar-refractivity contribution is 5.36. The van der Waals surface area contributed by atoms with Gasteiger partial charge in [-0.3, -0.25) is 4.90 Å². The minimum Gasteiger partial charge on any atom is -0.494 e. The van der Waals surface area contributed by atoms with Crippen LogP contribution in [0, 0.1) is 11.3 Å². The van der Waals surface area contributed by atoms with Gasteiger partial charge < -0.3 is 9.47 Å². The SMILES string of the molecule is CCC(C)N(CCCOc1cccc(C#N)c1)CCOC. The van der Waals surface area contributed by atoms with Crippen LogP contribution in [0.2, 0.25) is 0 Å². The summed E-state index contributed by atoms with van der Waals surface area (Å²) in [5, 5.41) is 8.85. The quantitative estimate of drug-likeness (QED) is 0.621. The highest BCUT2D eigenvalue weighted by Gasteiger charge is 2.11. The average Bonchev–Trinajstić information content (AvgIpc) is 2.53. The van der Waals surface area contributed by atoms with E-state index in [4.69, 9.17) is 14.7 Å². The third-order valence-electron chi connectivity index (χ3n) is 3.62. The standard InChI is InChI=1S/C17H26N2O2/c1-4-15(2)19(10-12-20-3)9-6-11-21-17-8-5-7-16(13-17)14-18/h5,7-8,13,15H,4,6,9-12H2,1-3H3. The zero-order valence-corrected chi connectivity index (χ0v) is 13.3. The van der Waals surface area contributed by atoms with Crippen molar-refractivity contribution in [1.29, 1.82) is 5.26 Å². The Balaban J connectivity index is 2.34. The molecule has 4 nitrogen and oxygen atoms in total. The molecule has 0 spiro atoms. The summed E-state index contributed by atoms with van der Waals surface area (Å²) in [5.74, 6) is 0.765. The number of hydrogen-bond acceptors (Lipinski definition) is 4. The fourth-order valence-electron chi connectivity index (χ4n) is 2.13. The van der Waals surface area contributed by atoms with Crippen molar-refractivity contribution in [1.82, 2.24) is 4.90 Å². The Kier molecular flexibility index (Phi) is 8.49. The maximum Gasteiger partial charge on any atom is 0.120 e. The van der Waals surface area contributed by atoms with Crippen LogP contribution in [0.3, 0.4) is 0 Å². The van der Waals surface area contributed by atoms with Gasteiger partial charge in [0.15, 0.2) is 0 Å². The molecule has 0 heterocycles. The molecule has 1 aromatic carbocycles. The molecule has 0 N–H and O–H groups in total. The summed E-state index contributed by atoms with van der Waals surface area (Å²) in [5.41, 5.74) is 0.633. The van der Waals surface area contributed by atoms with Gasteiger partial charge >= 0.3 is 0 Å². The van der Waals surface area contributed by atoms with Crippen LogP contribution >= 0.6 is 0 Å². The van der Waals surface area contributed by atoms with Crippen molar-refractivity contribution >= 4 is 0 Å². The molecule has 0 bridgehead atoms. The molecule has 0 saturated carbocycles. The molecule has 0 amide bonds. The summed E-state index contributed by atoms with van der Waals surface area (Å²) in [7, 11) is 1.74. The number of methoxy groups -OCH3 is 1. The predicted octanol–water partition coefficient (Wildman–Crippen LogP) is 3.07. The zero-order chi connectivity index (χ0) is 15.5. The van der Waals surface area contributed by atoms with Crippen LogP contribution in [-0.4, -0.2) is 44.4 Å². The van der Waals surface area contributed by atoms with E-state index in [0.717, 1.165) is 38.3 Å². The van der Waals surface area contributed by atoms with Gasteiger partial charge in [0.1, 0.15) is 5.75 Å². The van der Waals surface area contributed by atoms with Crippen LogP contribution in [0.4, 0.5) is 0 Å². The van der Waals surface area contributed by atoms with Gasteiger partial charge in [-0.05, 0) is 38.0 Å². The van der Waals surface area contributed by atoms with Crippen molar-refractivity contribution in [3.05, 3.63) is 29.8 Å². The third-order valence-corrected chi connectivity index (χ3v) is 3.62. The topological polar surface area (TPSA) is 45.5 Å². The molecular formula is C17H26N2O2. The molecule has 1 unspecified atom stereocenters. The Hall–Kier alpha value is -1.57. The van der Waals surface area contributed by atoms with Crippen molar-refractivity contribution in [2.45, 2.75) is 32.7 Å². The Morgan fingerprint density at radius 3 is 2.76 bits per heavy atom. The van der Waals surface area contributed by atoms with Gasteiger partial charge in [-0.15, -0.1) is 0 Å². The van der Waals surface area contributed by atoms with Gasteiger partial charge in [0.05, 0.1) is 24.8 Å². The van der Waals surface area contributed by atoms with Gasteiger partial charge in [-0.2, -0.15) is 5.26 Å². The minimum absolute atomic E-state index is 0.557. The van der Waals surface area contributed by atoms with E-state index in [9.17, 15) is 0 Å². The van der Waals surface area contributed by atoms with E-state index in [0.29, 0.717) is 18.2 Å². The van der Waals surface area contributed by atoms with Crippen LogP contribution in [0.15, 0.2) is 24.3 Å². The summed E-state index contributed by atoms with van der Waals surface area (Å²) < 4.78 is 10.9. The van der Waals surface area contributed by atoms with Gasteiger partial charge in [0.2, 0.25) is 0 Å². The molecule has 0 fully saturated rings. The molecule has 0 saturated heterocycles. The Labute approximate surface area is 128 Å². The smallest absolute Gasteiger partial charge is 0.120 e. The molecule has 0 aliphatic rings. The zero-order valence-electron chi connectivity index (χ0n) is 13.3. The fourth-order valence-corrected chi connectivity index (χ4v) is 2.13. The van der Waals surface area contributed by atoms with E-state index in [1.54, 1.807) is 19.2 Å². The molecule has 0 aliphatic heterocycles. The molecule has 21 heavy (non-hydrogen) atoms. The predicted molar refractivity (Wildman–Crippen MR) is 84.5 cm³/mol. The second-order valence-corrected chi connectivity index (χ2v) is 5.13. The van der Waals surface area contributed by atoms with E-state index in [1.165, 1.54) is 0 Å². The van der Waals surface area contributed by atoms with Crippen LogP contribution in [0.1, 0.15) is 32.3 Å². The number of nitriles is 1. The molecule has 1 rings (SSSR count). The second-order valence-electron chi connectivity index (χ2n) is 5.13. The van der Waals surface area contributed by atoms with Crippen molar-refractivity contribution < 1.29 is 9.47 Å². The molecule has 0 radical (unpaired) electrons. The third kappa shape index (κ3) is 6.61. The highest BCUT2D eigenvalue weighted by atomic mass is 16.5. The summed E-state index contributed by atoms with van der Waals surface area (Å²) in [6.07, 6.45) is 2.10. The maximum absolute atomic E-state index is 8.85. The Morgan fingerprint density at radius 2 is 2.10 bits per heavy atom. The Morgan fingerprint density at radius 1 is 1.29 bits per heavy atom. The van der Waals surface area contributed by atoms with E-state index in [-0.39, 0.29) is 0 Å². The average molecular weight is 290 g/mol. The lowest BCUT2D eigenvalue weighted by Gasteiger charge is -2.28. The molecular weight excluding hydrogens is 264 g/mol. The lowest BCUT2D eigenvalue weighted by Crippen LogP contribution is -2.36. The summed E-state index contributed by atoms with van der Waals surface area (Å²) in [6, 6.07) is 9.96. The molecule has 1 atom stereocenters. The van der Waals surface area contributed by atoms with E-state index in [1.807, 2.05) is 12.1 Å². The van der Waals surface area contributed by atoms with E-state index in [2.05, 4.69) is 24.8 Å². The lowest BCUT2D eigenvalue weighted by molar-refractivity contribution is 0.117. The first-order chi connectivity index (χ1) is 10.2. The first kappa shape index (κ1) is 17.5. The number of rotatable bonds is 10. The summed E-state index contributed by atoms with van der Waals surface area (Å²) >= 11 is 0.